The molecule has 0 bridgehead atoms. The number of amides is 4. The number of hydrogen-bond donors (Lipinski definition) is 0. The van der Waals surface area contributed by atoms with Gasteiger partial charge in [0.2, 0.25) is 0 Å². The number of imide groups is 2. The molecule has 3 rings (SSSR count). The van der Waals surface area contributed by atoms with E-state index in [2.05, 4.69) is 0 Å². The summed E-state index contributed by atoms with van der Waals surface area (Å²) in [5.41, 5.74) is 0.964. The maximum absolute atomic E-state index is 13.0. The van der Waals surface area contributed by atoms with E-state index in [1.165, 1.54) is 45.5 Å². The van der Waals surface area contributed by atoms with E-state index in [0.29, 0.717) is 5.56 Å². The Morgan fingerprint density at radius 1 is 1.03 bits per heavy atom. The molecule has 0 spiro atoms. The summed E-state index contributed by atoms with van der Waals surface area (Å²) in [6, 6.07) is 8.17. The minimum absolute atomic E-state index is 0.130. The fourth-order valence-electron chi connectivity index (χ4n) is 2.84. The number of halogens is 2. The number of rotatable bonds is 5. The highest BCUT2D eigenvalue weighted by Crippen LogP contribution is 2.37. The third kappa shape index (κ3) is 4.13. The summed E-state index contributed by atoms with van der Waals surface area (Å²) in [5, 5.41) is 0.191. The number of nitrogens with zero attached hydrogens (tertiary/aromatic N) is 2. The molecule has 156 valence electrons. The van der Waals surface area contributed by atoms with Crippen LogP contribution in [0, 0.1) is 5.82 Å². The molecule has 1 aliphatic rings. The molecule has 4 amide bonds. The van der Waals surface area contributed by atoms with E-state index in [0.717, 1.165) is 15.4 Å². The summed E-state index contributed by atoms with van der Waals surface area (Å²) >= 11 is 6.34. The lowest BCUT2D eigenvalue weighted by Crippen LogP contribution is -2.52. The van der Waals surface area contributed by atoms with Crippen LogP contribution >= 0.6 is 11.6 Å². The smallest absolute Gasteiger partial charge is 0.333 e. The second-order valence-corrected chi connectivity index (χ2v) is 6.93. The maximum Gasteiger partial charge on any atom is 0.333 e. The molecule has 0 aromatic heterocycles. The summed E-state index contributed by atoms with van der Waals surface area (Å²) in [6.45, 7) is 0.130. The fraction of sp³-hybridized carbons (Fsp3) is 0.190. The van der Waals surface area contributed by atoms with Crippen molar-refractivity contribution in [2.75, 3.05) is 21.2 Å². The van der Waals surface area contributed by atoms with Crippen molar-refractivity contribution in [2.24, 2.45) is 0 Å². The number of urea groups is 1. The Kier molecular flexibility index (Phi) is 6.07. The summed E-state index contributed by atoms with van der Waals surface area (Å²) < 4.78 is 24.1. The first kappa shape index (κ1) is 21.3. The Morgan fingerprint density at radius 3 is 2.20 bits per heavy atom. The Morgan fingerprint density at radius 2 is 1.63 bits per heavy atom. The van der Waals surface area contributed by atoms with Crippen LogP contribution in [0.3, 0.4) is 0 Å². The number of benzene rings is 2. The first-order valence-electron chi connectivity index (χ1n) is 8.79. The minimum Gasteiger partial charge on any atom is -0.493 e. The quantitative estimate of drug-likeness (QED) is 0.534. The van der Waals surface area contributed by atoms with Crippen molar-refractivity contribution < 1.29 is 28.2 Å². The van der Waals surface area contributed by atoms with E-state index in [4.69, 9.17) is 21.1 Å². The first-order valence-corrected chi connectivity index (χ1v) is 9.17. The van der Waals surface area contributed by atoms with Crippen LogP contribution in [0.1, 0.15) is 11.1 Å². The van der Waals surface area contributed by atoms with Crippen molar-refractivity contribution in [2.45, 2.75) is 6.61 Å². The van der Waals surface area contributed by atoms with Gasteiger partial charge in [0.05, 0.1) is 12.1 Å². The average Bonchev–Trinajstić information content (AvgIpc) is 2.74. The molecule has 0 aliphatic carbocycles. The number of carbonyl (C=O) groups is 3. The highest BCUT2D eigenvalue weighted by Gasteiger charge is 2.37. The van der Waals surface area contributed by atoms with Crippen LogP contribution < -0.4 is 9.47 Å². The lowest BCUT2D eigenvalue weighted by Gasteiger charge is -2.28. The summed E-state index contributed by atoms with van der Waals surface area (Å²) in [6.07, 6.45) is 1.34. The van der Waals surface area contributed by atoms with Gasteiger partial charge in [-0.2, -0.15) is 0 Å². The van der Waals surface area contributed by atoms with Crippen LogP contribution in [0.5, 0.6) is 11.5 Å². The number of likely N-dealkylation sites (N-methyl/N-ethyl adjacent to an activating group) is 2. The van der Waals surface area contributed by atoms with Crippen LogP contribution in [0.15, 0.2) is 42.0 Å². The van der Waals surface area contributed by atoms with Gasteiger partial charge in [-0.15, -0.1) is 0 Å². The second kappa shape index (κ2) is 8.54. The Hall–Kier alpha value is -3.39. The zero-order chi connectivity index (χ0) is 22.0. The number of hydrogen-bond acceptors (Lipinski definition) is 5. The van der Waals surface area contributed by atoms with Crippen molar-refractivity contribution in [3.8, 4) is 11.5 Å². The molecule has 2 aromatic rings. The molecule has 0 N–H and O–H groups in total. The highest BCUT2D eigenvalue weighted by molar-refractivity contribution is 6.33. The molecule has 1 heterocycles. The summed E-state index contributed by atoms with van der Waals surface area (Å²) in [4.78, 5) is 38.3. The molecule has 2 aromatic carbocycles. The molecule has 0 unspecified atom stereocenters. The van der Waals surface area contributed by atoms with Gasteiger partial charge in [0.25, 0.3) is 11.8 Å². The van der Waals surface area contributed by atoms with Crippen molar-refractivity contribution in [3.05, 3.63) is 63.9 Å². The molecular weight excluding hydrogens is 415 g/mol. The normalized spacial score (nSPS) is 14.3. The van der Waals surface area contributed by atoms with Gasteiger partial charge in [0.1, 0.15) is 18.0 Å². The average molecular weight is 433 g/mol. The predicted molar refractivity (Wildman–Crippen MR) is 108 cm³/mol. The molecule has 0 atom stereocenters. The Labute approximate surface area is 177 Å². The number of methoxy groups -OCH3 is 1. The van der Waals surface area contributed by atoms with Crippen molar-refractivity contribution in [1.29, 1.82) is 0 Å². The van der Waals surface area contributed by atoms with Crippen LogP contribution in [0.2, 0.25) is 5.02 Å². The van der Waals surface area contributed by atoms with Crippen molar-refractivity contribution >= 4 is 35.5 Å². The van der Waals surface area contributed by atoms with Gasteiger partial charge < -0.3 is 9.47 Å². The molecule has 9 heteroatoms. The standard InChI is InChI=1S/C21H18ClFN2O5/c1-24-19(26)15(20(27)25(2)21(24)28)8-13-9-16(22)18(17(10-13)29-3)30-11-12-4-6-14(23)7-5-12/h4-10H,11H2,1-3H3. The molecular formula is C21H18ClFN2O5. The second-order valence-electron chi connectivity index (χ2n) is 6.52. The molecule has 1 fully saturated rings. The molecule has 0 radical (unpaired) electrons. The maximum atomic E-state index is 13.0. The van der Waals surface area contributed by atoms with Crippen molar-refractivity contribution in [3.63, 3.8) is 0 Å². The molecule has 0 saturated carbocycles. The van der Waals surface area contributed by atoms with Gasteiger partial charge in [-0.3, -0.25) is 19.4 Å². The van der Waals surface area contributed by atoms with Gasteiger partial charge in [0.15, 0.2) is 11.5 Å². The SMILES string of the molecule is COc1cc(C=C2C(=O)N(C)C(=O)N(C)C2=O)cc(Cl)c1OCc1ccc(F)cc1. The third-order valence-electron chi connectivity index (χ3n) is 4.50. The van der Waals surface area contributed by atoms with E-state index in [9.17, 15) is 18.8 Å². The van der Waals surface area contributed by atoms with Gasteiger partial charge in [-0.05, 0) is 41.5 Å². The van der Waals surface area contributed by atoms with E-state index in [-0.39, 0.29) is 34.5 Å². The summed E-state index contributed by atoms with van der Waals surface area (Å²) in [7, 11) is 4.01. The minimum atomic E-state index is -0.713. The monoisotopic (exact) mass is 432 g/mol. The number of barbiturate groups is 1. The van der Waals surface area contributed by atoms with E-state index in [1.54, 1.807) is 18.2 Å². The van der Waals surface area contributed by atoms with E-state index < -0.39 is 17.8 Å². The zero-order valence-corrected chi connectivity index (χ0v) is 17.2. The largest absolute Gasteiger partial charge is 0.493 e. The highest BCUT2D eigenvalue weighted by atomic mass is 35.5. The van der Waals surface area contributed by atoms with Gasteiger partial charge in [-0.25, -0.2) is 9.18 Å². The van der Waals surface area contributed by atoms with E-state index >= 15 is 0 Å². The number of ether oxygens (including phenoxy) is 2. The van der Waals surface area contributed by atoms with Crippen LogP contribution in [0.25, 0.3) is 6.08 Å². The van der Waals surface area contributed by atoms with Crippen LogP contribution in [-0.4, -0.2) is 48.9 Å². The lowest BCUT2D eigenvalue weighted by atomic mass is 10.1. The van der Waals surface area contributed by atoms with E-state index in [1.807, 2.05) is 0 Å². The molecule has 7 nitrogen and oxygen atoms in total. The Bertz CT molecular complexity index is 1030. The van der Waals surface area contributed by atoms with Gasteiger partial charge in [-0.1, -0.05) is 23.7 Å². The molecule has 30 heavy (non-hydrogen) atoms. The van der Waals surface area contributed by atoms with Gasteiger partial charge in [0, 0.05) is 14.1 Å². The molecule has 1 aliphatic heterocycles. The first-order chi connectivity index (χ1) is 14.2. The molecule has 1 saturated heterocycles. The Balaban J connectivity index is 1.90. The van der Waals surface area contributed by atoms with Crippen LogP contribution in [0.4, 0.5) is 9.18 Å². The third-order valence-corrected chi connectivity index (χ3v) is 4.78. The van der Waals surface area contributed by atoms with Crippen molar-refractivity contribution in [1.82, 2.24) is 9.80 Å². The zero-order valence-electron chi connectivity index (χ0n) is 16.4. The lowest BCUT2D eigenvalue weighted by molar-refractivity contribution is -0.134. The predicted octanol–water partition coefficient (Wildman–Crippen LogP) is 3.50. The van der Waals surface area contributed by atoms with Gasteiger partial charge >= 0.3 is 6.03 Å². The fourth-order valence-corrected chi connectivity index (χ4v) is 3.11. The summed E-state index contributed by atoms with van der Waals surface area (Å²) in [5.74, 6) is -1.23. The van der Waals surface area contributed by atoms with Crippen LogP contribution in [-0.2, 0) is 16.2 Å². The number of carbonyl (C=O) groups excluding carboxylic acids is 3. The topological polar surface area (TPSA) is 76.2 Å².